The summed E-state index contributed by atoms with van der Waals surface area (Å²) in [5, 5.41) is 0. The molecule has 1 aromatic rings. The van der Waals surface area contributed by atoms with E-state index < -0.39 is 0 Å². The monoisotopic (exact) mass is 191 g/mol. The van der Waals surface area contributed by atoms with Crippen molar-refractivity contribution in [2.24, 2.45) is 16.1 Å². The molecule has 76 valence electrons. The van der Waals surface area contributed by atoms with E-state index in [1.54, 1.807) is 6.20 Å². The molecule has 0 aliphatic rings. The minimum Gasteiger partial charge on any atom is -0.387 e. The lowest BCUT2D eigenvalue weighted by Crippen LogP contribution is -2.29. The van der Waals surface area contributed by atoms with E-state index in [4.69, 9.17) is 5.73 Å². The lowest BCUT2D eigenvalue weighted by Gasteiger charge is -2.17. The molecule has 0 unspecified atom stereocenters. The smallest absolute Gasteiger partial charge is 0.0996 e. The fourth-order valence-corrected chi connectivity index (χ4v) is 0.895. The lowest BCUT2D eigenvalue weighted by atomic mass is 9.95. The highest BCUT2D eigenvalue weighted by molar-refractivity contribution is 5.85. The summed E-state index contributed by atoms with van der Waals surface area (Å²) in [6.07, 6.45) is 1.76. The first-order valence-electron chi connectivity index (χ1n) is 4.70. The Hall–Kier alpha value is -1.38. The van der Waals surface area contributed by atoms with Crippen molar-refractivity contribution in [2.75, 3.05) is 0 Å². The molecule has 0 fully saturated rings. The van der Waals surface area contributed by atoms with Crippen LogP contribution in [0.2, 0.25) is 0 Å². The molecule has 0 aliphatic heterocycles. The SMILES string of the molecule is CC(C)(C)C(N)=NCc1ccccn1. The molecule has 2 N–H and O–H groups in total. The zero-order chi connectivity index (χ0) is 10.6. The third kappa shape index (κ3) is 3.17. The number of aromatic nitrogens is 1. The number of amidine groups is 1. The van der Waals surface area contributed by atoms with Crippen LogP contribution in [0.5, 0.6) is 0 Å². The Morgan fingerprint density at radius 2 is 2.14 bits per heavy atom. The van der Waals surface area contributed by atoms with E-state index in [0.717, 1.165) is 5.69 Å². The van der Waals surface area contributed by atoms with Crippen molar-refractivity contribution in [3.05, 3.63) is 30.1 Å². The summed E-state index contributed by atoms with van der Waals surface area (Å²) in [5.41, 5.74) is 6.70. The van der Waals surface area contributed by atoms with Crippen LogP contribution in [0.3, 0.4) is 0 Å². The van der Waals surface area contributed by atoms with Crippen LogP contribution in [-0.4, -0.2) is 10.8 Å². The van der Waals surface area contributed by atoms with Gasteiger partial charge in [-0.05, 0) is 12.1 Å². The number of nitrogens with two attached hydrogens (primary N) is 1. The van der Waals surface area contributed by atoms with Gasteiger partial charge in [-0.3, -0.25) is 9.98 Å². The van der Waals surface area contributed by atoms with Crippen LogP contribution < -0.4 is 5.73 Å². The van der Waals surface area contributed by atoms with E-state index >= 15 is 0 Å². The van der Waals surface area contributed by atoms with E-state index in [-0.39, 0.29) is 5.41 Å². The van der Waals surface area contributed by atoms with Crippen molar-refractivity contribution >= 4 is 5.84 Å². The fraction of sp³-hybridized carbons (Fsp3) is 0.455. The highest BCUT2D eigenvalue weighted by atomic mass is 14.9. The molecule has 0 aromatic carbocycles. The van der Waals surface area contributed by atoms with Gasteiger partial charge in [-0.1, -0.05) is 26.8 Å². The van der Waals surface area contributed by atoms with E-state index in [1.165, 1.54) is 0 Å². The molecular weight excluding hydrogens is 174 g/mol. The largest absolute Gasteiger partial charge is 0.387 e. The molecular formula is C11H17N3. The van der Waals surface area contributed by atoms with Crippen LogP contribution in [0.1, 0.15) is 26.5 Å². The first kappa shape index (κ1) is 10.7. The van der Waals surface area contributed by atoms with Gasteiger partial charge in [0.25, 0.3) is 0 Å². The molecule has 0 aliphatic carbocycles. The third-order valence-electron chi connectivity index (χ3n) is 1.91. The Kier molecular flexibility index (Phi) is 3.23. The first-order valence-corrected chi connectivity index (χ1v) is 4.70. The average molecular weight is 191 g/mol. The number of aliphatic imine (C=N–C) groups is 1. The summed E-state index contributed by atoms with van der Waals surface area (Å²) in [6, 6.07) is 5.78. The number of hydrogen-bond acceptors (Lipinski definition) is 2. The summed E-state index contributed by atoms with van der Waals surface area (Å²) in [7, 11) is 0. The van der Waals surface area contributed by atoms with Crippen molar-refractivity contribution in [3.63, 3.8) is 0 Å². The Labute approximate surface area is 85.1 Å². The minimum absolute atomic E-state index is 0.0607. The van der Waals surface area contributed by atoms with Crippen molar-refractivity contribution in [1.82, 2.24) is 4.98 Å². The van der Waals surface area contributed by atoms with Gasteiger partial charge < -0.3 is 5.73 Å². The molecule has 1 rings (SSSR count). The van der Waals surface area contributed by atoms with E-state index in [2.05, 4.69) is 9.98 Å². The lowest BCUT2D eigenvalue weighted by molar-refractivity contribution is 0.581. The summed E-state index contributed by atoms with van der Waals surface area (Å²) in [4.78, 5) is 8.47. The van der Waals surface area contributed by atoms with Crippen molar-refractivity contribution < 1.29 is 0 Å². The van der Waals surface area contributed by atoms with Crippen LogP contribution in [0, 0.1) is 5.41 Å². The topological polar surface area (TPSA) is 51.3 Å². The molecule has 0 radical (unpaired) electrons. The normalized spacial score (nSPS) is 12.9. The van der Waals surface area contributed by atoms with Crippen LogP contribution in [0.15, 0.2) is 29.4 Å². The van der Waals surface area contributed by atoms with Gasteiger partial charge in [0, 0.05) is 11.6 Å². The number of hydrogen-bond donors (Lipinski definition) is 1. The molecule has 3 heteroatoms. The third-order valence-corrected chi connectivity index (χ3v) is 1.91. The van der Waals surface area contributed by atoms with E-state index in [9.17, 15) is 0 Å². The zero-order valence-corrected chi connectivity index (χ0v) is 8.99. The summed E-state index contributed by atoms with van der Waals surface area (Å²) < 4.78 is 0. The van der Waals surface area contributed by atoms with Crippen molar-refractivity contribution in [1.29, 1.82) is 0 Å². The Balaban J connectivity index is 2.65. The molecule has 3 nitrogen and oxygen atoms in total. The van der Waals surface area contributed by atoms with Gasteiger partial charge in [-0.15, -0.1) is 0 Å². The Morgan fingerprint density at radius 3 is 2.64 bits per heavy atom. The van der Waals surface area contributed by atoms with E-state index in [1.807, 2.05) is 39.0 Å². The Morgan fingerprint density at radius 1 is 1.43 bits per heavy atom. The molecule has 0 amide bonds. The van der Waals surface area contributed by atoms with Gasteiger partial charge in [-0.2, -0.15) is 0 Å². The molecule has 14 heavy (non-hydrogen) atoms. The molecule has 1 heterocycles. The van der Waals surface area contributed by atoms with Crippen LogP contribution >= 0.6 is 0 Å². The first-order chi connectivity index (χ1) is 6.50. The second-order valence-electron chi connectivity index (χ2n) is 4.27. The van der Waals surface area contributed by atoms with E-state index in [0.29, 0.717) is 12.4 Å². The molecule has 0 atom stereocenters. The number of pyridine rings is 1. The fourth-order valence-electron chi connectivity index (χ4n) is 0.895. The minimum atomic E-state index is -0.0607. The van der Waals surface area contributed by atoms with Crippen molar-refractivity contribution in [2.45, 2.75) is 27.3 Å². The molecule has 0 saturated heterocycles. The summed E-state index contributed by atoms with van der Waals surface area (Å²) in [5.74, 6) is 0.670. The van der Waals surface area contributed by atoms with Gasteiger partial charge >= 0.3 is 0 Å². The summed E-state index contributed by atoms with van der Waals surface area (Å²) >= 11 is 0. The quantitative estimate of drug-likeness (QED) is 0.574. The highest BCUT2D eigenvalue weighted by Gasteiger charge is 2.14. The predicted molar refractivity (Wildman–Crippen MR) is 59.0 cm³/mol. The van der Waals surface area contributed by atoms with Crippen LogP contribution in [0.4, 0.5) is 0 Å². The maximum absolute atomic E-state index is 5.82. The van der Waals surface area contributed by atoms with Gasteiger partial charge in [0.2, 0.25) is 0 Å². The second kappa shape index (κ2) is 4.22. The summed E-state index contributed by atoms with van der Waals surface area (Å²) in [6.45, 7) is 6.70. The number of nitrogens with zero attached hydrogens (tertiary/aromatic N) is 2. The number of rotatable bonds is 2. The molecule has 0 spiro atoms. The van der Waals surface area contributed by atoms with Crippen LogP contribution in [0.25, 0.3) is 0 Å². The standard InChI is InChI=1S/C11H17N3/c1-11(2,3)10(12)14-8-9-6-4-5-7-13-9/h4-7H,8H2,1-3H3,(H2,12,14). The van der Waals surface area contributed by atoms with Gasteiger partial charge in [-0.25, -0.2) is 0 Å². The van der Waals surface area contributed by atoms with Gasteiger partial charge in [0.1, 0.15) is 0 Å². The molecule has 0 saturated carbocycles. The average Bonchev–Trinajstić information content (AvgIpc) is 2.14. The highest BCUT2D eigenvalue weighted by Crippen LogP contribution is 2.13. The maximum Gasteiger partial charge on any atom is 0.0996 e. The van der Waals surface area contributed by atoms with Crippen LogP contribution in [-0.2, 0) is 6.54 Å². The van der Waals surface area contributed by atoms with Crippen molar-refractivity contribution in [3.8, 4) is 0 Å². The molecule has 1 aromatic heterocycles. The molecule has 0 bridgehead atoms. The Bertz CT molecular complexity index is 309. The zero-order valence-electron chi connectivity index (χ0n) is 8.99. The second-order valence-corrected chi connectivity index (χ2v) is 4.27. The van der Waals surface area contributed by atoms with Gasteiger partial charge in [0.05, 0.1) is 18.1 Å². The van der Waals surface area contributed by atoms with Gasteiger partial charge in [0.15, 0.2) is 0 Å². The predicted octanol–water partition coefficient (Wildman–Crippen LogP) is 1.98. The maximum atomic E-state index is 5.82.